The van der Waals surface area contributed by atoms with Gasteiger partial charge in [0.05, 0.1) is 11.1 Å². The van der Waals surface area contributed by atoms with Crippen LogP contribution in [0.2, 0.25) is 0 Å². The lowest BCUT2D eigenvalue weighted by Gasteiger charge is -2.20. The van der Waals surface area contributed by atoms with E-state index in [9.17, 15) is 13.2 Å². The largest absolute Gasteiger partial charge is 0.308 e. The summed E-state index contributed by atoms with van der Waals surface area (Å²) in [5, 5.41) is 4.31. The number of carbonyl (C=O) groups excluding carboxylic acids is 1. The number of anilines is 1. The first-order valence-corrected chi connectivity index (χ1v) is 11.5. The minimum Gasteiger partial charge on any atom is -0.308 e. The molecule has 1 amide bonds. The van der Waals surface area contributed by atoms with Crippen LogP contribution in [-0.4, -0.2) is 52.9 Å². The highest BCUT2D eigenvalue weighted by Crippen LogP contribution is 2.32. The average molecular weight is 428 g/mol. The minimum atomic E-state index is -3.54. The Morgan fingerprint density at radius 1 is 1.17 bits per heavy atom. The molecule has 1 aliphatic rings. The molecule has 0 aliphatic carbocycles. The molecule has 2 aromatic heterocycles. The van der Waals surface area contributed by atoms with Gasteiger partial charge in [-0.2, -0.15) is 9.40 Å². The summed E-state index contributed by atoms with van der Waals surface area (Å²) in [7, 11) is -3.54. The molecule has 0 bridgehead atoms. The van der Waals surface area contributed by atoms with E-state index >= 15 is 0 Å². The van der Waals surface area contributed by atoms with E-state index in [1.165, 1.54) is 4.31 Å². The summed E-state index contributed by atoms with van der Waals surface area (Å²) >= 11 is 0. The number of benzene rings is 1. The summed E-state index contributed by atoms with van der Waals surface area (Å²) in [4.78, 5) is 19.7. The van der Waals surface area contributed by atoms with E-state index in [2.05, 4.69) is 10.1 Å². The van der Waals surface area contributed by atoms with Gasteiger partial charge in [0, 0.05) is 36.7 Å². The quantitative estimate of drug-likeness (QED) is 0.625. The average Bonchev–Trinajstić information content (AvgIpc) is 3.32. The van der Waals surface area contributed by atoms with Crippen LogP contribution in [0.4, 0.5) is 5.69 Å². The van der Waals surface area contributed by atoms with E-state index in [1.54, 1.807) is 33.8 Å². The summed E-state index contributed by atoms with van der Waals surface area (Å²) in [6.07, 6.45) is 2.15. The van der Waals surface area contributed by atoms with Gasteiger partial charge in [-0.25, -0.2) is 17.9 Å². The highest BCUT2D eigenvalue weighted by molar-refractivity contribution is 7.89. The van der Waals surface area contributed by atoms with Crippen LogP contribution < -0.4 is 4.90 Å². The van der Waals surface area contributed by atoms with E-state index in [-0.39, 0.29) is 10.8 Å². The van der Waals surface area contributed by atoms with Crippen molar-refractivity contribution < 1.29 is 13.2 Å². The summed E-state index contributed by atoms with van der Waals surface area (Å²) < 4.78 is 28.8. The van der Waals surface area contributed by atoms with Gasteiger partial charge in [0.2, 0.25) is 10.0 Å². The number of sulfonamides is 1. The minimum absolute atomic E-state index is 0.180. The predicted octanol–water partition coefficient (Wildman–Crippen LogP) is 2.58. The van der Waals surface area contributed by atoms with Crippen molar-refractivity contribution in [1.29, 1.82) is 0 Å². The number of rotatable bonds is 5. The third-order valence-electron chi connectivity index (χ3n) is 5.54. The number of aromatic nitrogens is 3. The number of aryl methyl sites for hydroxylation is 2. The van der Waals surface area contributed by atoms with Crippen LogP contribution in [0.5, 0.6) is 0 Å². The second kappa shape index (κ2) is 7.48. The van der Waals surface area contributed by atoms with Crippen LogP contribution in [0.15, 0.2) is 35.4 Å². The topological polar surface area (TPSA) is 87.9 Å². The summed E-state index contributed by atoms with van der Waals surface area (Å²) in [6, 6.07) is 6.92. The van der Waals surface area contributed by atoms with Gasteiger partial charge in [0.25, 0.3) is 5.91 Å². The number of nitrogens with zero attached hydrogens (tertiary/aromatic N) is 5. The molecule has 8 nitrogen and oxygen atoms in total. The van der Waals surface area contributed by atoms with Gasteiger partial charge < -0.3 is 4.90 Å². The molecule has 0 N–H and O–H groups in total. The van der Waals surface area contributed by atoms with Crippen molar-refractivity contribution in [3.63, 3.8) is 0 Å². The van der Waals surface area contributed by atoms with Gasteiger partial charge in [-0.05, 0) is 50.1 Å². The van der Waals surface area contributed by atoms with Crippen LogP contribution in [0.1, 0.15) is 41.2 Å². The van der Waals surface area contributed by atoms with Crippen molar-refractivity contribution in [2.24, 2.45) is 0 Å². The molecular formula is C21H25N5O3S. The molecule has 4 rings (SSSR count). The van der Waals surface area contributed by atoms with Gasteiger partial charge >= 0.3 is 0 Å². The lowest BCUT2D eigenvalue weighted by Crippen LogP contribution is -2.30. The molecular weight excluding hydrogens is 402 g/mol. The standard InChI is InChI=1S/C21H25N5O3S/c1-5-24(6-2)30(28,29)17-7-8-19-16(12-17)9-10-25(19)21(27)18-13-22-26-15(4)11-14(3)23-20(18)26/h7-8,11-13H,5-6,9-10H2,1-4H3. The van der Waals surface area contributed by atoms with Crippen molar-refractivity contribution in [3.8, 4) is 0 Å². The molecule has 0 atom stereocenters. The zero-order valence-corrected chi connectivity index (χ0v) is 18.4. The van der Waals surface area contributed by atoms with E-state index in [4.69, 9.17) is 0 Å². The maximum Gasteiger partial charge on any atom is 0.263 e. The maximum absolute atomic E-state index is 13.3. The van der Waals surface area contributed by atoms with Crippen LogP contribution in [0, 0.1) is 13.8 Å². The smallest absolute Gasteiger partial charge is 0.263 e. The molecule has 3 heterocycles. The van der Waals surface area contributed by atoms with E-state index in [0.717, 1.165) is 22.6 Å². The zero-order valence-electron chi connectivity index (χ0n) is 17.6. The Bertz CT molecular complexity index is 1250. The molecule has 0 saturated heterocycles. The second-order valence-electron chi connectivity index (χ2n) is 7.42. The molecule has 1 aromatic carbocycles. The molecule has 0 saturated carbocycles. The van der Waals surface area contributed by atoms with Crippen LogP contribution in [0.25, 0.3) is 5.65 Å². The molecule has 1 aliphatic heterocycles. The monoisotopic (exact) mass is 427 g/mol. The van der Waals surface area contributed by atoms with Crippen LogP contribution >= 0.6 is 0 Å². The number of hydrogen-bond donors (Lipinski definition) is 0. The molecule has 9 heteroatoms. The van der Waals surface area contributed by atoms with E-state index in [0.29, 0.717) is 37.3 Å². The Balaban J connectivity index is 1.70. The van der Waals surface area contributed by atoms with Gasteiger partial charge in [0.1, 0.15) is 5.56 Å². The summed E-state index contributed by atoms with van der Waals surface area (Å²) in [5.74, 6) is -0.180. The van der Waals surface area contributed by atoms with Gasteiger partial charge in [-0.3, -0.25) is 4.79 Å². The maximum atomic E-state index is 13.3. The predicted molar refractivity (Wildman–Crippen MR) is 114 cm³/mol. The zero-order chi connectivity index (χ0) is 21.6. The molecule has 0 fully saturated rings. The van der Waals surface area contributed by atoms with Crippen molar-refractivity contribution in [1.82, 2.24) is 18.9 Å². The summed E-state index contributed by atoms with van der Waals surface area (Å²) in [6.45, 7) is 8.78. The van der Waals surface area contributed by atoms with E-state index < -0.39 is 10.0 Å². The Labute approximate surface area is 176 Å². The fraction of sp³-hybridized carbons (Fsp3) is 0.381. The Morgan fingerprint density at radius 3 is 2.60 bits per heavy atom. The second-order valence-corrected chi connectivity index (χ2v) is 9.36. The Hall–Kier alpha value is -2.78. The first-order valence-electron chi connectivity index (χ1n) is 10.0. The lowest BCUT2D eigenvalue weighted by atomic mass is 10.2. The fourth-order valence-electron chi connectivity index (χ4n) is 4.03. The fourth-order valence-corrected chi connectivity index (χ4v) is 5.54. The number of carbonyl (C=O) groups is 1. The third-order valence-corrected chi connectivity index (χ3v) is 7.59. The van der Waals surface area contributed by atoms with Crippen LogP contribution in [-0.2, 0) is 16.4 Å². The Morgan fingerprint density at radius 2 is 1.90 bits per heavy atom. The normalized spacial score (nSPS) is 14.0. The molecule has 0 radical (unpaired) electrons. The highest BCUT2D eigenvalue weighted by Gasteiger charge is 2.30. The van der Waals surface area contributed by atoms with Crippen LogP contribution in [0.3, 0.4) is 0 Å². The molecule has 30 heavy (non-hydrogen) atoms. The first kappa shape index (κ1) is 20.5. The SMILES string of the molecule is CCN(CC)S(=O)(=O)c1ccc2c(c1)CCN2C(=O)c1cnn2c(C)cc(C)nc12. The lowest BCUT2D eigenvalue weighted by molar-refractivity contribution is 0.0990. The van der Waals surface area contributed by atoms with Crippen molar-refractivity contribution in [2.75, 3.05) is 24.5 Å². The molecule has 3 aromatic rings. The first-order chi connectivity index (χ1) is 14.3. The Kier molecular flexibility index (Phi) is 5.11. The van der Waals surface area contributed by atoms with E-state index in [1.807, 2.05) is 33.8 Å². The highest BCUT2D eigenvalue weighted by atomic mass is 32.2. The molecule has 158 valence electrons. The number of fused-ring (bicyclic) bond motifs is 2. The third kappa shape index (κ3) is 3.18. The molecule has 0 spiro atoms. The van der Waals surface area contributed by atoms with Crippen molar-refractivity contribution in [3.05, 3.63) is 53.0 Å². The number of amides is 1. The summed E-state index contributed by atoms with van der Waals surface area (Å²) in [5.41, 5.74) is 4.30. The van der Waals surface area contributed by atoms with Crippen molar-refractivity contribution in [2.45, 2.75) is 39.0 Å². The molecule has 0 unspecified atom stereocenters. The van der Waals surface area contributed by atoms with Gasteiger partial charge in [-0.15, -0.1) is 0 Å². The van der Waals surface area contributed by atoms with Crippen molar-refractivity contribution >= 4 is 27.3 Å². The van der Waals surface area contributed by atoms with Gasteiger partial charge in [0.15, 0.2) is 5.65 Å². The number of hydrogen-bond acceptors (Lipinski definition) is 5. The van der Waals surface area contributed by atoms with Gasteiger partial charge in [-0.1, -0.05) is 13.8 Å².